The van der Waals surface area contributed by atoms with E-state index >= 15 is 0 Å². The van der Waals surface area contributed by atoms with Gasteiger partial charge in [0.1, 0.15) is 0 Å². The SMILES string of the molecule is CN(CC(C)(C)O)C(=O)C1CCn2cncc2C1. The van der Waals surface area contributed by atoms with Crippen LogP contribution in [0.25, 0.3) is 0 Å². The minimum Gasteiger partial charge on any atom is -0.389 e. The highest BCUT2D eigenvalue weighted by molar-refractivity contribution is 5.79. The summed E-state index contributed by atoms with van der Waals surface area (Å²) in [7, 11) is 1.76. The van der Waals surface area contributed by atoms with E-state index in [0.29, 0.717) is 6.54 Å². The summed E-state index contributed by atoms with van der Waals surface area (Å²) < 4.78 is 2.10. The Bertz CT molecular complexity index is 434. The molecule has 5 heteroatoms. The Morgan fingerprint density at radius 3 is 3.06 bits per heavy atom. The molecule has 0 fully saturated rings. The molecular weight excluding hydrogens is 230 g/mol. The van der Waals surface area contributed by atoms with E-state index in [1.54, 1.807) is 25.8 Å². The number of rotatable bonds is 3. The van der Waals surface area contributed by atoms with Crippen LogP contribution >= 0.6 is 0 Å². The summed E-state index contributed by atoms with van der Waals surface area (Å²) in [5.41, 5.74) is 0.275. The molecule has 1 aliphatic rings. The quantitative estimate of drug-likeness (QED) is 0.859. The van der Waals surface area contributed by atoms with Crippen LogP contribution in [0.4, 0.5) is 0 Å². The summed E-state index contributed by atoms with van der Waals surface area (Å²) in [5.74, 6) is 0.131. The van der Waals surface area contributed by atoms with Crippen LogP contribution in [-0.2, 0) is 17.8 Å². The number of carbonyl (C=O) groups excluding carboxylic acids is 1. The maximum Gasteiger partial charge on any atom is 0.225 e. The highest BCUT2D eigenvalue weighted by Crippen LogP contribution is 2.22. The van der Waals surface area contributed by atoms with Crippen molar-refractivity contribution in [1.29, 1.82) is 0 Å². The van der Waals surface area contributed by atoms with Gasteiger partial charge in [0, 0.05) is 44.4 Å². The molecule has 0 radical (unpaired) electrons. The second kappa shape index (κ2) is 4.72. The minimum atomic E-state index is -0.846. The molecule has 1 N–H and O–H groups in total. The second-order valence-electron chi connectivity index (χ2n) is 5.77. The number of aryl methyl sites for hydroxylation is 1. The fourth-order valence-electron chi connectivity index (χ4n) is 2.55. The first-order valence-corrected chi connectivity index (χ1v) is 6.33. The summed E-state index contributed by atoms with van der Waals surface area (Å²) in [5, 5.41) is 9.75. The zero-order valence-corrected chi connectivity index (χ0v) is 11.3. The Kier molecular flexibility index (Phi) is 3.43. The van der Waals surface area contributed by atoms with E-state index < -0.39 is 5.60 Å². The van der Waals surface area contributed by atoms with Gasteiger partial charge in [0.25, 0.3) is 0 Å². The van der Waals surface area contributed by atoms with Crippen molar-refractivity contribution in [3.8, 4) is 0 Å². The summed E-state index contributed by atoms with van der Waals surface area (Å²) >= 11 is 0. The third kappa shape index (κ3) is 2.90. The van der Waals surface area contributed by atoms with Gasteiger partial charge in [-0.05, 0) is 20.3 Å². The van der Waals surface area contributed by atoms with Crippen molar-refractivity contribution in [3.05, 3.63) is 18.2 Å². The Labute approximate surface area is 107 Å². The summed E-state index contributed by atoms with van der Waals surface area (Å²) in [6.07, 6.45) is 5.24. The predicted molar refractivity (Wildman–Crippen MR) is 68.0 cm³/mol. The fraction of sp³-hybridized carbons (Fsp3) is 0.692. The van der Waals surface area contributed by atoms with E-state index in [2.05, 4.69) is 9.55 Å². The van der Waals surface area contributed by atoms with Gasteiger partial charge in [-0.2, -0.15) is 0 Å². The van der Waals surface area contributed by atoms with Crippen LogP contribution in [0.5, 0.6) is 0 Å². The summed E-state index contributed by atoms with van der Waals surface area (Å²) in [6, 6.07) is 0. The molecule has 1 aliphatic heterocycles. The van der Waals surface area contributed by atoms with Crippen molar-refractivity contribution in [2.75, 3.05) is 13.6 Å². The third-order valence-corrected chi connectivity index (χ3v) is 3.32. The number of imidazole rings is 1. The second-order valence-corrected chi connectivity index (χ2v) is 5.77. The van der Waals surface area contributed by atoms with Gasteiger partial charge in [-0.3, -0.25) is 4.79 Å². The van der Waals surface area contributed by atoms with Crippen LogP contribution in [0.1, 0.15) is 26.0 Å². The van der Waals surface area contributed by atoms with Gasteiger partial charge in [0.05, 0.1) is 11.9 Å². The number of aromatic nitrogens is 2. The number of carbonyl (C=O) groups is 1. The molecule has 1 aromatic rings. The van der Waals surface area contributed by atoms with Crippen molar-refractivity contribution in [3.63, 3.8) is 0 Å². The molecule has 1 atom stereocenters. The van der Waals surface area contributed by atoms with Gasteiger partial charge >= 0.3 is 0 Å². The number of nitrogens with zero attached hydrogens (tertiary/aromatic N) is 3. The molecular formula is C13H21N3O2. The summed E-state index contributed by atoms with van der Waals surface area (Å²) in [4.78, 5) is 18.0. The maximum absolute atomic E-state index is 12.3. The lowest BCUT2D eigenvalue weighted by molar-refractivity contribution is -0.137. The van der Waals surface area contributed by atoms with Gasteiger partial charge < -0.3 is 14.6 Å². The van der Waals surface area contributed by atoms with Crippen molar-refractivity contribution in [2.24, 2.45) is 5.92 Å². The van der Waals surface area contributed by atoms with Crippen molar-refractivity contribution < 1.29 is 9.90 Å². The van der Waals surface area contributed by atoms with Crippen LogP contribution in [0.2, 0.25) is 0 Å². The molecule has 0 saturated heterocycles. The average molecular weight is 251 g/mol. The average Bonchev–Trinajstić information content (AvgIpc) is 2.72. The number of amides is 1. The van der Waals surface area contributed by atoms with Gasteiger partial charge in [-0.25, -0.2) is 4.98 Å². The van der Waals surface area contributed by atoms with Crippen LogP contribution in [0.3, 0.4) is 0 Å². The number of likely N-dealkylation sites (N-methyl/N-ethyl adjacent to an activating group) is 1. The maximum atomic E-state index is 12.3. The third-order valence-electron chi connectivity index (χ3n) is 3.32. The van der Waals surface area contributed by atoms with E-state index in [1.807, 2.05) is 12.5 Å². The lowest BCUT2D eigenvalue weighted by Crippen LogP contribution is -2.43. The van der Waals surface area contributed by atoms with Crippen molar-refractivity contribution in [2.45, 2.75) is 38.8 Å². The molecule has 18 heavy (non-hydrogen) atoms. The molecule has 1 aromatic heterocycles. The Morgan fingerprint density at radius 1 is 1.67 bits per heavy atom. The highest BCUT2D eigenvalue weighted by Gasteiger charge is 2.29. The smallest absolute Gasteiger partial charge is 0.225 e. The molecule has 1 amide bonds. The van der Waals surface area contributed by atoms with Gasteiger partial charge in [0.15, 0.2) is 0 Å². The molecule has 0 bridgehead atoms. The minimum absolute atomic E-state index is 0.0153. The molecule has 1 unspecified atom stereocenters. The molecule has 0 aromatic carbocycles. The van der Waals surface area contributed by atoms with Crippen molar-refractivity contribution in [1.82, 2.24) is 14.5 Å². The van der Waals surface area contributed by atoms with Gasteiger partial charge in [-0.1, -0.05) is 0 Å². The monoisotopic (exact) mass is 251 g/mol. The topological polar surface area (TPSA) is 58.4 Å². The first-order chi connectivity index (χ1) is 8.37. The first-order valence-electron chi connectivity index (χ1n) is 6.33. The Morgan fingerprint density at radius 2 is 2.39 bits per heavy atom. The zero-order valence-electron chi connectivity index (χ0n) is 11.3. The number of hydrogen-bond donors (Lipinski definition) is 1. The molecule has 100 valence electrons. The largest absolute Gasteiger partial charge is 0.389 e. The lowest BCUT2D eigenvalue weighted by Gasteiger charge is -2.30. The van der Waals surface area contributed by atoms with E-state index in [0.717, 1.165) is 25.1 Å². The van der Waals surface area contributed by atoms with E-state index in [9.17, 15) is 9.90 Å². The molecule has 2 rings (SSSR count). The first kappa shape index (κ1) is 13.1. The van der Waals surface area contributed by atoms with Gasteiger partial charge in [-0.15, -0.1) is 0 Å². The molecule has 0 spiro atoms. The predicted octanol–water partition coefficient (Wildman–Crippen LogP) is 0.675. The lowest BCUT2D eigenvalue weighted by atomic mass is 9.94. The number of aliphatic hydroxyl groups is 1. The van der Waals surface area contributed by atoms with Crippen LogP contribution in [0.15, 0.2) is 12.5 Å². The van der Waals surface area contributed by atoms with E-state index in [1.165, 1.54) is 0 Å². The van der Waals surface area contributed by atoms with E-state index in [4.69, 9.17) is 0 Å². The molecule has 0 saturated carbocycles. The Balaban J connectivity index is 1.99. The standard InChI is InChI=1S/C13H21N3O2/c1-13(2,18)8-15(3)12(17)10-4-5-16-9-14-7-11(16)6-10/h7,9-10,18H,4-6,8H2,1-3H3. The number of hydrogen-bond acceptors (Lipinski definition) is 3. The Hall–Kier alpha value is -1.36. The zero-order chi connectivity index (χ0) is 13.3. The van der Waals surface area contributed by atoms with Crippen LogP contribution in [0, 0.1) is 5.92 Å². The van der Waals surface area contributed by atoms with E-state index in [-0.39, 0.29) is 11.8 Å². The van der Waals surface area contributed by atoms with Gasteiger partial charge in [0.2, 0.25) is 5.91 Å². The molecule has 0 aliphatic carbocycles. The summed E-state index contributed by atoms with van der Waals surface area (Å²) in [6.45, 7) is 4.64. The van der Waals surface area contributed by atoms with Crippen LogP contribution < -0.4 is 0 Å². The highest BCUT2D eigenvalue weighted by atomic mass is 16.3. The molecule has 5 nitrogen and oxygen atoms in total. The van der Waals surface area contributed by atoms with Crippen LogP contribution in [-0.4, -0.2) is 44.7 Å². The fourth-order valence-corrected chi connectivity index (χ4v) is 2.55. The van der Waals surface area contributed by atoms with Crippen molar-refractivity contribution >= 4 is 5.91 Å². The number of fused-ring (bicyclic) bond motifs is 1. The molecule has 2 heterocycles. The normalized spacial score (nSPS) is 19.4.